The number of carbonyl (C=O) groups is 2. The minimum Gasteiger partial charge on any atom is -0.285 e. The van der Waals surface area contributed by atoms with E-state index in [9.17, 15) is 14.0 Å². The van der Waals surface area contributed by atoms with Gasteiger partial charge in [-0.2, -0.15) is 0 Å². The number of hydrogen-bond acceptors (Lipinski definition) is 3. The fraction of sp³-hybridized carbons (Fsp3) is 0.235. The first-order valence-electron chi connectivity index (χ1n) is 7.00. The van der Waals surface area contributed by atoms with Gasteiger partial charge in [0.1, 0.15) is 5.82 Å². The molecule has 0 N–H and O–H groups in total. The predicted molar refractivity (Wildman–Crippen MR) is 85.8 cm³/mol. The molecule has 5 heteroatoms. The zero-order valence-corrected chi connectivity index (χ0v) is 13.9. The summed E-state index contributed by atoms with van der Waals surface area (Å²) in [5.41, 5.74) is 2.03. The molecule has 2 aromatic rings. The predicted octanol–water partition coefficient (Wildman–Crippen LogP) is 4.17. The number of halogens is 2. The second-order valence-electron chi connectivity index (χ2n) is 4.83. The fourth-order valence-electron chi connectivity index (χ4n) is 2.04. The highest BCUT2D eigenvalue weighted by Crippen LogP contribution is 2.19. The molecule has 1 aromatic heterocycles. The average Bonchev–Trinajstić information content (AvgIpc) is 2.55. The molecule has 0 amide bonds. The number of nitrogens with zero attached hydrogens (tertiary/aromatic N) is 1. The average molecular weight is 364 g/mol. The Balaban J connectivity index is 2.38. The molecule has 0 saturated carbocycles. The summed E-state index contributed by atoms with van der Waals surface area (Å²) in [7, 11) is 0. The van der Waals surface area contributed by atoms with Crippen molar-refractivity contribution in [3.8, 4) is 0 Å². The van der Waals surface area contributed by atoms with Gasteiger partial charge < -0.3 is 0 Å². The number of aryl methyl sites for hydroxylation is 2. The van der Waals surface area contributed by atoms with Crippen molar-refractivity contribution in [2.75, 3.05) is 0 Å². The Morgan fingerprint density at radius 1 is 1.00 bits per heavy atom. The molecule has 0 saturated heterocycles. The molecule has 114 valence electrons. The molecule has 0 bridgehead atoms. The first kappa shape index (κ1) is 16.5. The second-order valence-corrected chi connectivity index (χ2v) is 5.69. The molecule has 0 aliphatic rings. The minimum atomic E-state index is -0.656. The van der Waals surface area contributed by atoms with Gasteiger partial charge in [0.2, 0.25) is 11.6 Å². The molecule has 1 heterocycles. The third kappa shape index (κ3) is 3.47. The van der Waals surface area contributed by atoms with E-state index in [0.717, 1.165) is 17.5 Å². The lowest BCUT2D eigenvalue weighted by Crippen LogP contribution is -2.16. The van der Waals surface area contributed by atoms with Crippen LogP contribution in [0, 0.1) is 5.82 Å². The summed E-state index contributed by atoms with van der Waals surface area (Å²) >= 11 is 3.02. The number of aromatic nitrogens is 1. The molecule has 0 fully saturated rings. The van der Waals surface area contributed by atoms with E-state index < -0.39 is 17.4 Å². The fourth-order valence-corrected chi connectivity index (χ4v) is 2.42. The molecule has 0 atom stereocenters. The third-order valence-electron chi connectivity index (χ3n) is 3.31. The van der Waals surface area contributed by atoms with Crippen molar-refractivity contribution in [1.82, 2.24) is 4.98 Å². The quantitative estimate of drug-likeness (QED) is 0.591. The van der Waals surface area contributed by atoms with E-state index in [1.54, 1.807) is 12.1 Å². The summed E-state index contributed by atoms with van der Waals surface area (Å²) in [4.78, 5) is 29.1. The van der Waals surface area contributed by atoms with Crippen LogP contribution in [-0.4, -0.2) is 16.6 Å². The third-order valence-corrected chi connectivity index (χ3v) is 3.91. The summed E-state index contributed by atoms with van der Waals surface area (Å²) in [5.74, 6) is -1.74. The van der Waals surface area contributed by atoms with Gasteiger partial charge in [-0.25, -0.2) is 4.39 Å². The summed E-state index contributed by atoms with van der Waals surface area (Å²) in [6.45, 7) is 3.88. The molecule has 22 heavy (non-hydrogen) atoms. The summed E-state index contributed by atoms with van der Waals surface area (Å²) < 4.78 is 13.4. The Morgan fingerprint density at radius 2 is 1.55 bits per heavy atom. The van der Waals surface area contributed by atoms with Gasteiger partial charge in [0.25, 0.3) is 0 Å². The Kier molecular flexibility index (Phi) is 5.19. The highest BCUT2D eigenvalue weighted by molar-refractivity contribution is 9.10. The Hall–Kier alpha value is -1.88. The summed E-state index contributed by atoms with van der Waals surface area (Å²) in [6.07, 6.45) is 1.37. The smallest absolute Gasteiger partial charge is 0.233 e. The van der Waals surface area contributed by atoms with E-state index in [0.29, 0.717) is 18.4 Å². The first-order valence-corrected chi connectivity index (χ1v) is 7.79. The van der Waals surface area contributed by atoms with Crippen LogP contribution >= 0.6 is 15.9 Å². The topological polar surface area (TPSA) is 47.0 Å². The van der Waals surface area contributed by atoms with Crippen LogP contribution in [0.1, 0.15) is 46.0 Å². The van der Waals surface area contributed by atoms with Crippen LogP contribution in [-0.2, 0) is 12.8 Å². The molecule has 0 spiro atoms. The molecular formula is C17H15BrFNO2. The zero-order chi connectivity index (χ0) is 16.3. The van der Waals surface area contributed by atoms with Gasteiger partial charge in [-0.15, -0.1) is 0 Å². The van der Waals surface area contributed by atoms with Crippen LogP contribution in [0.5, 0.6) is 0 Å². The molecule has 1 aromatic carbocycles. The number of rotatable bonds is 5. The van der Waals surface area contributed by atoms with Crippen molar-refractivity contribution in [3.63, 3.8) is 0 Å². The highest BCUT2D eigenvalue weighted by Gasteiger charge is 2.20. The van der Waals surface area contributed by atoms with Crippen molar-refractivity contribution in [2.24, 2.45) is 0 Å². The van der Waals surface area contributed by atoms with Gasteiger partial charge in [0.05, 0.1) is 4.47 Å². The molecule has 2 rings (SSSR count). The Bertz CT molecular complexity index is 721. The number of carbonyl (C=O) groups excluding carboxylic acids is 2. The standard InChI is InChI=1S/C17H15BrFNO2/c1-3-12-7-11(8-13(4-2)20-12)17(22)16(21)10-5-6-15(19)14(18)9-10/h5-9H,3-4H2,1-2H3. The minimum absolute atomic E-state index is 0.157. The Labute approximate surface area is 136 Å². The lowest BCUT2D eigenvalue weighted by Gasteiger charge is -2.06. The van der Waals surface area contributed by atoms with E-state index in [-0.39, 0.29) is 10.0 Å². The van der Waals surface area contributed by atoms with Crippen molar-refractivity contribution in [2.45, 2.75) is 26.7 Å². The summed E-state index contributed by atoms with van der Waals surface area (Å²) in [5, 5.41) is 0. The number of Topliss-reactive ketones (excluding diaryl/α,β-unsaturated/α-hetero) is 2. The van der Waals surface area contributed by atoms with Crippen molar-refractivity contribution in [3.05, 3.63) is 63.1 Å². The highest BCUT2D eigenvalue weighted by atomic mass is 79.9. The van der Waals surface area contributed by atoms with Gasteiger partial charge in [0, 0.05) is 22.5 Å². The van der Waals surface area contributed by atoms with E-state index in [1.165, 1.54) is 12.1 Å². The number of ketones is 2. The van der Waals surface area contributed by atoms with E-state index in [1.807, 2.05) is 13.8 Å². The maximum Gasteiger partial charge on any atom is 0.233 e. The lowest BCUT2D eigenvalue weighted by molar-refractivity contribution is 0.0816. The lowest BCUT2D eigenvalue weighted by atomic mass is 10.00. The van der Waals surface area contributed by atoms with Crippen LogP contribution < -0.4 is 0 Å². The van der Waals surface area contributed by atoms with Crippen molar-refractivity contribution < 1.29 is 14.0 Å². The second kappa shape index (κ2) is 6.92. The number of benzene rings is 1. The molecule has 3 nitrogen and oxygen atoms in total. The number of hydrogen-bond donors (Lipinski definition) is 0. The van der Waals surface area contributed by atoms with Gasteiger partial charge in [0.15, 0.2) is 0 Å². The normalized spacial score (nSPS) is 10.5. The van der Waals surface area contributed by atoms with Gasteiger partial charge in [-0.1, -0.05) is 13.8 Å². The zero-order valence-electron chi connectivity index (χ0n) is 12.3. The molecule has 0 radical (unpaired) electrons. The summed E-state index contributed by atoms with van der Waals surface area (Å²) in [6, 6.07) is 7.06. The maximum atomic E-state index is 13.2. The molecule has 0 aliphatic carbocycles. The molecule has 0 aliphatic heterocycles. The maximum absolute atomic E-state index is 13.2. The van der Waals surface area contributed by atoms with E-state index in [4.69, 9.17) is 0 Å². The van der Waals surface area contributed by atoms with Crippen LogP contribution in [0.4, 0.5) is 4.39 Å². The monoisotopic (exact) mass is 363 g/mol. The van der Waals surface area contributed by atoms with Gasteiger partial charge in [-0.3, -0.25) is 14.6 Å². The number of pyridine rings is 1. The first-order chi connectivity index (χ1) is 10.5. The van der Waals surface area contributed by atoms with Gasteiger partial charge >= 0.3 is 0 Å². The van der Waals surface area contributed by atoms with E-state index >= 15 is 0 Å². The van der Waals surface area contributed by atoms with Crippen LogP contribution in [0.2, 0.25) is 0 Å². The van der Waals surface area contributed by atoms with Crippen molar-refractivity contribution in [1.29, 1.82) is 0 Å². The molecular weight excluding hydrogens is 349 g/mol. The largest absolute Gasteiger partial charge is 0.285 e. The van der Waals surface area contributed by atoms with Crippen LogP contribution in [0.25, 0.3) is 0 Å². The SMILES string of the molecule is CCc1cc(C(=O)C(=O)c2ccc(F)c(Br)c2)cc(CC)n1. The van der Waals surface area contributed by atoms with Crippen LogP contribution in [0.15, 0.2) is 34.8 Å². The van der Waals surface area contributed by atoms with E-state index in [2.05, 4.69) is 20.9 Å². The van der Waals surface area contributed by atoms with Crippen LogP contribution in [0.3, 0.4) is 0 Å². The Morgan fingerprint density at radius 3 is 2.05 bits per heavy atom. The van der Waals surface area contributed by atoms with Gasteiger partial charge in [-0.05, 0) is 59.1 Å². The van der Waals surface area contributed by atoms with Crippen molar-refractivity contribution >= 4 is 27.5 Å². The molecule has 0 unspecified atom stereocenters.